The van der Waals surface area contributed by atoms with E-state index in [2.05, 4.69) is 30.0 Å². The first kappa shape index (κ1) is 36.8. The van der Waals surface area contributed by atoms with E-state index in [4.69, 9.17) is 24.3 Å². The fraction of sp³-hybridized carbons (Fsp3) is 0.395. The molecule has 0 unspecified atom stereocenters. The van der Waals surface area contributed by atoms with E-state index in [0.29, 0.717) is 57.6 Å². The van der Waals surface area contributed by atoms with Crippen LogP contribution in [0.2, 0.25) is 0 Å². The van der Waals surface area contributed by atoms with Gasteiger partial charge in [-0.3, -0.25) is 9.48 Å². The van der Waals surface area contributed by atoms with Crippen molar-refractivity contribution >= 4 is 28.6 Å². The van der Waals surface area contributed by atoms with Crippen LogP contribution in [0.5, 0.6) is 11.8 Å². The van der Waals surface area contributed by atoms with Crippen LogP contribution in [-0.4, -0.2) is 81.4 Å². The summed E-state index contributed by atoms with van der Waals surface area (Å²) in [6.45, 7) is 12.3. The van der Waals surface area contributed by atoms with Crippen LogP contribution in [0.15, 0.2) is 91.0 Å². The maximum atomic E-state index is 13.7. The number of piperazine rings is 1. The summed E-state index contributed by atoms with van der Waals surface area (Å²) in [5.74, 6) is 1.09. The molecule has 0 bridgehead atoms. The summed E-state index contributed by atoms with van der Waals surface area (Å²) in [5.41, 5.74) is 5.20. The summed E-state index contributed by atoms with van der Waals surface area (Å²) in [4.78, 5) is 37.2. The number of aromatic nitrogens is 3. The molecule has 2 aromatic heterocycles. The third-order valence-corrected chi connectivity index (χ3v) is 10.2. The normalized spacial score (nSPS) is 17.8. The molecule has 54 heavy (non-hydrogen) atoms. The molecule has 4 heterocycles. The first-order valence-corrected chi connectivity index (χ1v) is 18.9. The van der Waals surface area contributed by atoms with Gasteiger partial charge < -0.3 is 28.9 Å². The molecule has 2 aliphatic rings. The van der Waals surface area contributed by atoms with E-state index in [1.54, 1.807) is 4.90 Å². The van der Waals surface area contributed by atoms with Gasteiger partial charge in [-0.1, -0.05) is 67.6 Å². The van der Waals surface area contributed by atoms with Gasteiger partial charge in [0, 0.05) is 69.4 Å². The van der Waals surface area contributed by atoms with E-state index in [1.165, 1.54) is 0 Å². The minimum Gasteiger partial charge on any atom is -0.473 e. The highest BCUT2D eigenvalue weighted by Crippen LogP contribution is 2.37. The standard InChI is InChI=1S/C43H50N6O5/c1-30-27-49(42(51)54-43(2,3)4)21-20-34(30)41(50)48-24-22-47(23-25-48)33-16-17-35-37(26-33)46(5)45-39(35)36-18-19-38(52-28-31-12-8-6-9-13-31)44-40(36)53-29-32-14-10-7-11-15-32/h6-19,26,30,34H,20-25,27-29H2,1-5H3/t30-,34+/m1/s1. The van der Waals surface area contributed by atoms with Crippen molar-refractivity contribution < 1.29 is 23.8 Å². The van der Waals surface area contributed by atoms with Crippen LogP contribution < -0.4 is 14.4 Å². The number of fused-ring (bicyclic) bond motifs is 1. The molecule has 7 rings (SSSR count). The third-order valence-electron chi connectivity index (χ3n) is 10.2. The quantitative estimate of drug-likeness (QED) is 0.155. The molecular formula is C43H50N6O5. The van der Waals surface area contributed by atoms with Crippen LogP contribution in [-0.2, 0) is 29.8 Å². The van der Waals surface area contributed by atoms with Crippen LogP contribution in [0.1, 0.15) is 45.2 Å². The monoisotopic (exact) mass is 730 g/mol. The lowest BCUT2D eigenvalue weighted by Gasteiger charge is -2.41. The van der Waals surface area contributed by atoms with Gasteiger partial charge >= 0.3 is 6.09 Å². The number of nitrogens with zero attached hydrogens (tertiary/aromatic N) is 6. The highest BCUT2D eigenvalue weighted by molar-refractivity contribution is 5.96. The van der Waals surface area contributed by atoms with Gasteiger partial charge in [-0.25, -0.2) is 4.79 Å². The lowest BCUT2D eigenvalue weighted by atomic mass is 9.85. The smallest absolute Gasteiger partial charge is 0.410 e. The van der Waals surface area contributed by atoms with Crippen LogP contribution in [0.3, 0.4) is 0 Å². The number of aryl methyl sites for hydroxylation is 1. The molecule has 0 saturated carbocycles. The van der Waals surface area contributed by atoms with Crippen molar-refractivity contribution in [3.8, 4) is 23.0 Å². The first-order chi connectivity index (χ1) is 26.0. The number of anilines is 1. The van der Waals surface area contributed by atoms with Gasteiger partial charge in [0.2, 0.25) is 17.7 Å². The summed E-state index contributed by atoms with van der Waals surface area (Å²) < 4.78 is 19.9. The Hall–Kier alpha value is -5.58. The molecule has 5 aromatic rings. The van der Waals surface area contributed by atoms with Gasteiger partial charge in [-0.15, -0.1) is 0 Å². The van der Waals surface area contributed by atoms with Crippen LogP contribution >= 0.6 is 0 Å². The Morgan fingerprint density at radius 1 is 0.796 bits per heavy atom. The van der Waals surface area contributed by atoms with Gasteiger partial charge in [0.05, 0.1) is 11.1 Å². The van der Waals surface area contributed by atoms with E-state index in [-0.39, 0.29) is 23.8 Å². The van der Waals surface area contributed by atoms with Crippen molar-refractivity contribution in [2.24, 2.45) is 18.9 Å². The molecule has 282 valence electrons. The van der Waals surface area contributed by atoms with Gasteiger partial charge in [0.15, 0.2) is 0 Å². The third kappa shape index (κ3) is 8.46. The maximum Gasteiger partial charge on any atom is 0.410 e. The molecule has 3 aromatic carbocycles. The molecule has 2 amide bonds. The van der Waals surface area contributed by atoms with Crippen molar-refractivity contribution in [3.63, 3.8) is 0 Å². The number of ether oxygens (including phenoxy) is 3. The van der Waals surface area contributed by atoms with Crippen molar-refractivity contribution in [3.05, 3.63) is 102 Å². The van der Waals surface area contributed by atoms with Crippen molar-refractivity contribution in [1.82, 2.24) is 24.6 Å². The number of carbonyl (C=O) groups excluding carboxylic acids is 2. The van der Waals surface area contributed by atoms with Crippen LogP contribution in [0.4, 0.5) is 10.5 Å². The zero-order valence-electron chi connectivity index (χ0n) is 31.9. The summed E-state index contributed by atoms with van der Waals surface area (Å²) in [6.07, 6.45) is 0.346. The SMILES string of the molecule is C[C@@H]1CN(C(=O)OC(C)(C)C)CC[C@@H]1C(=O)N1CCN(c2ccc3c(-c4ccc(OCc5ccccc5)nc4OCc4ccccc4)nn(C)c3c2)CC1. The van der Waals surface area contributed by atoms with Crippen molar-refractivity contribution in [1.29, 1.82) is 0 Å². The van der Waals surface area contributed by atoms with Gasteiger partial charge in [0.1, 0.15) is 24.5 Å². The molecule has 0 radical (unpaired) electrons. The number of hydrogen-bond donors (Lipinski definition) is 0. The molecule has 0 N–H and O–H groups in total. The Balaban J connectivity index is 1.04. The highest BCUT2D eigenvalue weighted by Gasteiger charge is 2.37. The minimum atomic E-state index is -0.542. The molecule has 0 spiro atoms. The summed E-state index contributed by atoms with van der Waals surface area (Å²) >= 11 is 0. The average molecular weight is 731 g/mol. The molecule has 2 fully saturated rings. The van der Waals surface area contributed by atoms with Crippen LogP contribution in [0.25, 0.3) is 22.2 Å². The number of piperidine rings is 1. The Bertz CT molecular complexity index is 2070. The highest BCUT2D eigenvalue weighted by atomic mass is 16.6. The van der Waals surface area contributed by atoms with E-state index < -0.39 is 5.60 Å². The summed E-state index contributed by atoms with van der Waals surface area (Å²) in [6, 6.07) is 30.3. The van der Waals surface area contributed by atoms with Gasteiger partial charge in [-0.2, -0.15) is 10.1 Å². The number of benzene rings is 3. The number of carbonyl (C=O) groups is 2. The lowest BCUT2D eigenvalue weighted by Crippen LogP contribution is -2.54. The van der Waals surface area contributed by atoms with Crippen molar-refractivity contribution in [2.45, 2.75) is 52.9 Å². The molecule has 2 aliphatic heterocycles. The predicted molar refractivity (Wildman–Crippen MR) is 209 cm³/mol. The van der Waals surface area contributed by atoms with E-state index in [0.717, 1.165) is 52.1 Å². The first-order valence-electron chi connectivity index (χ1n) is 18.9. The second kappa shape index (κ2) is 15.8. The number of amides is 2. The fourth-order valence-electron chi connectivity index (χ4n) is 7.32. The molecule has 0 aliphatic carbocycles. The largest absolute Gasteiger partial charge is 0.473 e. The number of rotatable bonds is 9. The van der Waals surface area contributed by atoms with E-state index >= 15 is 0 Å². The molecule has 2 atom stereocenters. The summed E-state index contributed by atoms with van der Waals surface area (Å²) in [5, 5.41) is 5.96. The predicted octanol–water partition coefficient (Wildman–Crippen LogP) is 7.34. The van der Waals surface area contributed by atoms with E-state index in [9.17, 15) is 9.59 Å². The molecule has 2 saturated heterocycles. The second-order valence-corrected chi connectivity index (χ2v) is 15.3. The second-order valence-electron chi connectivity index (χ2n) is 15.3. The minimum absolute atomic E-state index is 0.0655. The average Bonchev–Trinajstić information content (AvgIpc) is 3.51. The van der Waals surface area contributed by atoms with Gasteiger partial charge in [0.25, 0.3) is 0 Å². The zero-order valence-corrected chi connectivity index (χ0v) is 31.9. The van der Waals surface area contributed by atoms with E-state index in [1.807, 2.05) is 110 Å². The van der Waals surface area contributed by atoms with Gasteiger partial charge in [-0.05, 0) is 68.5 Å². The maximum absolute atomic E-state index is 13.7. The lowest BCUT2D eigenvalue weighted by molar-refractivity contribution is -0.139. The number of likely N-dealkylation sites (tertiary alicyclic amines) is 1. The molecule has 11 nitrogen and oxygen atoms in total. The topological polar surface area (TPSA) is 102 Å². The molecule has 11 heteroatoms. The Morgan fingerprint density at radius 2 is 1.46 bits per heavy atom. The fourth-order valence-corrected chi connectivity index (χ4v) is 7.32. The van der Waals surface area contributed by atoms with Crippen molar-refractivity contribution in [2.75, 3.05) is 44.2 Å². The Labute approximate surface area is 317 Å². The number of pyridine rings is 1. The Morgan fingerprint density at radius 3 is 2.11 bits per heavy atom. The van der Waals surface area contributed by atoms with Crippen LogP contribution in [0, 0.1) is 11.8 Å². The zero-order chi connectivity index (χ0) is 37.8. The molecular weight excluding hydrogens is 681 g/mol. The Kier molecular flexibility index (Phi) is 10.8. The number of hydrogen-bond acceptors (Lipinski definition) is 8. The summed E-state index contributed by atoms with van der Waals surface area (Å²) in [7, 11) is 1.96.